The SMILES string of the molecule is CCn1c(O)c(N=NC(=S)Nc2ccc(S(N)(=O)=O)cc2)c2ccc(F)cc21. The van der Waals surface area contributed by atoms with Gasteiger partial charge in [-0.15, -0.1) is 10.2 Å². The van der Waals surface area contributed by atoms with Gasteiger partial charge in [-0.2, -0.15) is 0 Å². The number of rotatable bonds is 4. The van der Waals surface area contributed by atoms with Gasteiger partial charge >= 0.3 is 0 Å². The largest absolute Gasteiger partial charge is 0.493 e. The zero-order valence-corrected chi connectivity index (χ0v) is 16.3. The Labute approximate surface area is 165 Å². The van der Waals surface area contributed by atoms with E-state index in [0.717, 1.165) is 0 Å². The number of nitrogens with zero attached hydrogens (tertiary/aromatic N) is 3. The van der Waals surface area contributed by atoms with Crippen LogP contribution in [0.1, 0.15) is 6.92 Å². The average molecular weight is 421 g/mol. The van der Waals surface area contributed by atoms with E-state index in [-0.39, 0.29) is 21.6 Å². The van der Waals surface area contributed by atoms with Crippen molar-refractivity contribution in [3.63, 3.8) is 0 Å². The molecule has 2 aromatic carbocycles. The van der Waals surface area contributed by atoms with Gasteiger partial charge < -0.3 is 15.0 Å². The van der Waals surface area contributed by atoms with Crippen LogP contribution in [0.4, 0.5) is 15.8 Å². The molecule has 3 rings (SSSR count). The molecule has 8 nitrogen and oxygen atoms in total. The number of hydrogen-bond acceptors (Lipinski definition) is 5. The molecule has 0 bridgehead atoms. The molecule has 28 heavy (non-hydrogen) atoms. The summed E-state index contributed by atoms with van der Waals surface area (Å²) in [6.45, 7) is 2.22. The molecule has 0 aliphatic heterocycles. The molecule has 146 valence electrons. The first kappa shape index (κ1) is 19.9. The van der Waals surface area contributed by atoms with Gasteiger partial charge in [0.2, 0.25) is 21.0 Å². The van der Waals surface area contributed by atoms with Crippen molar-refractivity contribution in [1.82, 2.24) is 4.57 Å². The summed E-state index contributed by atoms with van der Waals surface area (Å²) in [5, 5.41) is 26.6. The number of hydrogen-bond donors (Lipinski definition) is 3. The standard InChI is InChI=1S/C17H16FN5O3S2/c1-2-23-14-9-10(18)3-8-13(14)15(16(23)24)21-22-17(27)20-11-4-6-12(7-5-11)28(19,25)26/h3-9,24H,2H2,1H3,(H,20,27)(H2,19,25,26). The lowest BCUT2D eigenvalue weighted by atomic mass is 10.2. The highest BCUT2D eigenvalue weighted by atomic mass is 32.2. The predicted octanol–water partition coefficient (Wildman–Crippen LogP) is 3.63. The summed E-state index contributed by atoms with van der Waals surface area (Å²) in [4.78, 5) is -0.0323. The van der Waals surface area contributed by atoms with E-state index in [2.05, 4.69) is 15.5 Å². The highest BCUT2D eigenvalue weighted by molar-refractivity contribution is 7.89. The molecule has 0 unspecified atom stereocenters. The minimum Gasteiger partial charge on any atom is -0.493 e. The van der Waals surface area contributed by atoms with Crippen LogP contribution in [-0.4, -0.2) is 23.2 Å². The highest BCUT2D eigenvalue weighted by Gasteiger charge is 2.16. The van der Waals surface area contributed by atoms with Gasteiger partial charge in [-0.05, 0) is 61.6 Å². The van der Waals surface area contributed by atoms with Crippen LogP contribution >= 0.6 is 12.2 Å². The van der Waals surface area contributed by atoms with Crippen LogP contribution in [0.15, 0.2) is 57.6 Å². The Morgan fingerprint density at radius 3 is 2.57 bits per heavy atom. The van der Waals surface area contributed by atoms with Crippen molar-refractivity contribution in [1.29, 1.82) is 0 Å². The van der Waals surface area contributed by atoms with Crippen molar-refractivity contribution in [3.05, 3.63) is 48.3 Å². The minimum atomic E-state index is -3.78. The van der Waals surface area contributed by atoms with E-state index in [9.17, 15) is 17.9 Å². The Hall–Kier alpha value is -2.89. The Bertz CT molecular complexity index is 1190. The second-order valence-electron chi connectivity index (χ2n) is 5.78. The fourth-order valence-electron chi connectivity index (χ4n) is 2.68. The molecule has 3 aromatic rings. The molecule has 0 saturated carbocycles. The number of thiocarbonyl (C=S) groups is 1. The van der Waals surface area contributed by atoms with Gasteiger partial charge in [-0.3, -0.25) is 0 Å². The number of azo groups is 1. The normalized spacial score (nSPS) is 12.0. The summed E-state index contributed by atoms with van der Waals surface area (Å²) in [6.07, 6.45) is 0. The van der Waals surface area contributed by atoms with Crippen molar-refractivity contribution < 1.29 is 17.9 Å². The molecule has 0 radical (unpaired) electrons. The molecule has 0 aliphatic rings. The number of sulfonamides is 1. The molecule has 11 heteroatoms. The lowest BCUT2D eigenvalue weighted by Crippen LogP contribution is -2.12. The van der Waals surface area contributed by atoms with E-state index >= 15 is 0 Å². The lowest BCUT2D eigenvalue weighted by Gasteiger charge is -2.04. The third kappa shape index (κ3) is 4.01. The van der Waals surface area contributed by atoms with Gasteiger partial charge in [0.1, 0.15) is 5.82 Å². The number of aromatic hydroxyl groups is 1. The third-order valence-corrected chi connectivity index (χ3v) is 5.08. The molecule has 1 heterocycles. The van der Waals surface area contributed by atoms with E-state index in [1.165, 1.54) is 47.0 Å². The Balaban J connectivity index is 1.84. The zero-order chi connectivity index (χ0) is 20.5. The van der Waals surface area contributed by atoms with Crippen LogP contribution < -0.4 is 10.5 Å². The predicted molar refractivity (Wildman–Crippen MR) is 108 cm³/mol. The average Bonchev–Trinajstić information content (AvgIpc) is 2.89. The fourth-order valence-corrected chi connectivity index (χ4v) is 3.36. The monoisotopic (exact) mass is 421 g/mol. The van der Waals surface area contributed by atoms with Gasteiger partial charge in [0.05, 0.1) is 10.4 Å². The second kappa shape index (κ2) is 7.62. The maximum atomic E-state index is 13.5. The van der Waals surface area contributed by atoms with Crippen LogP contribution in [-0.2, 0) is 16.6 Å². The fraction of sp³-hybridized carbons (Fsp3) is 0.118. The van der Waals surface area contributed by atoms with Crippen LogP contribution in [0.5, 0.6) is 5.88 Å². The number of aryl methyl sites for hydroxylation is 1. The molecule has 0 atom stereocenters. The first-order chi connectivity index (χ1) is 13.2. The quantitative estimate of drug-likeness (QED) is 0.439. The van der Waals surface area contributed by atoms with E-state index in [1.54, 1.807) is 0 Å². The number of nitrogens with one attached hydrogen (secondary N) is 1. The zero-order valence-electron chi connectivity index (χ0n) is 14.6. The molecule has 4 N–H and O–H groups in total. The summed E-state index contributed by atoms with van der Waals surface area (Å²) >= 11 is 5.10. The molecule has 0 fully saturated rings. The van der Waals surface area contributed by atoms with E-state index in [1.807, 2.05) is 6.92 Å². The van der Waals surface area contributed by atoms with Gasteiger partial charge in [0.25, 0.3) is 0 Å². The third-order valence-electron chi connectivity index (χ3n) is 3.96. The van der Waals surface area contributed by atoms with E-state index in [0.29, 0.717) is 23.1 Å². The summed E-state index contributed by atoms with van der Waals surface area (Å²) in [5.41, 5.74) is 1.15. The van der Waals surface area contributed by atoms with Crippen molar-refractivity contribution in [2.45, 2.75) is 18.4 Å². The van der Waals surface area contributed by atoms with Gasteiger partial charge in [-0.25, -0.2) is 17.9 Å². The Morgan fingerprint density at radius 2 is 1.96 bits per heavy atom. The number of fused-ring (bicyclic) bond motifs is 1. The number of benzene rings is 2. The van der Waals surface area contributed by atoms with Gasteiger partial charge in [-0.1, -0.05) is 0 Å². The van der Waals surface area contributed by atoms with Crippen molar-refractivity contribution >= 4 is 49.6 Å². The summed E-state index contributed by atoms with van der Waals surface area (Å²) in [7, 11) is -3.78. The summed E-state index contributed by atoms with van der Waals surface area (Å²) < 4.78 is 37.6. The maximum Gasteiger partial charge on any atom is 0.238 e. The minimum absolute atomic E-state index is 0.0118. The van der Waals surface area contributed by atoms with Crippen LogP contribution in [0.25, 0.3) is 10.9 Å². The smallest absolute Gasteiger partial charge is 0.238 e. The topological polar surface area (TPSA) is 122 Å². The van der Waals surface area contributed by atoms with E-state index < -0.39 is 15.8 Å². The first-order valence-electron chi connectivity index (χ1n) is 8.07. The summed E-state index contributed by atoms with van der Waals surface area (Å²) in [6, 6.07) is 9.69. The van der Waals surface area contributed by atoms with Crippen molar-refractivity contribution in [3.8, 4) is 5.88 Å². The van der Waals surface area contributed by atoms with Gasteiger partial charge in [0.15, 0.2) is 5.69 Å². The van der Waals surface area contributed by atoms with Gasteiger partial charge in [0, 0.05) is 17.6 Å². The number of anilines is 1. The molecular weight excluding hydrogens is 405 g/mol. The maximum absolute atomic E-state index is 13.5. The molecule has 0 saturated heterocycles. The molecule has 1 aromatic heterocycles. The highest BCUT2D eigenvalue weighted by Crippen LogP contribution is 2.39. The molecule has 0 amide bonds. The number of aromatic nitrogens is 1. The second-order valence-corrected chi connectivity index (χ2v) is 7.73. The molecule has 0 spiro atoms. The lowest BCUT2D eigenvalue weighted by molar-refractivity contribution is 0.427. The van der Waals surface area contributed by atoms with E-state index in [4.69, 9.17) is 17.4 Å². The molecular formula is C17H16FN5O3S2. The summed E-state index contributed by atoms with van der Waals surface area (Å²) in [5.74, 6) is -0.574. The van der Waals surface area contributed by atoms with Crippen molar-refractivity contribution in [2.75, 3.05) is 5.32 Å². The Morgan fingerprint density at radius 1 is 1.29 bits per heavy atom. The Kier molecular flexibility index (Phi) is 5.40. The van der Waals surface area contributed by atoms with Crippen molar-refractivity contribution in [2.24, 2.45) is 15.4 Å². The van der Waals surface area contributed by atoms with Crippen LogP contribution in [0.3, 0.4) is 0 Å². The first-order valence-corrected chi connectivity index (χ1v) is 10.0. The number of primary sulfonamides is 1. The van der Waals surface area contributed by atoms with Crippen LogP contribution in [0.2, 0.25) is 0 Å². The van der Waals surface area contributed by atoms with Crippen LogP contribution in [0, 0.1) is 5.82 Å². The number of halogens is 1. The number of nitrogens with two attached hydrogens (primary N) is 1. The molecule has 0 aliphatic carbocycles.